The van der Waals surface area contributed by atoms with Crippen molar-refractivity contribution >= 4 is 10.9 Å². The van der Waals surface area contributed by atoms with Gasteiger partial charge in [-0.3, -0.25) is 0 Å². The number of hydrogen-bond donors (Lipinski definition) is 0. The maximum absolute atomic E-state index is 3.71. The Morgan fingerprint density at radius 2 is 2.42 bits per heavy atom. The van der Waals surface area contributed by atoms with Crippen molar-refractivity contribution in [2.75, 3.05) is 0 Å². The summed E-state index contributed by atoms with van der Waals surface area (Å²) < 4.78 is 2.16. The molecule has 0 unspecified atom stereocenters. The van der Waals surface area contributed by atoms with E-state index in [0.717, 1.165) is 6.54 Å². The number of nitrogens with zero attached hydrogens (tertiary/aromatic N) is 1. The molecule has 0 bridgehead atoms. The zero-order chi connectivity index (χ0) is 8.39. The highest BCUT2D eigenvalue weighted by Gasteiger charge is 1.96. The molecule has 1 aromatic heterocycles. The minimum Gasteiger partial charge on any atom is -0.344 e. The predicted molar refractivity (Wildman–Crippen MR) is 51.0 cm³/mol. The van der Waals surface area contributed by atoms with Gasteiger partial charge in [0.2, 0.25) is 0 Å². The molecule has 0 spiro atoms. The molecule has 0 amide bonds. The summed E-state index contributed by atoms with van der Waals surface area (Å²) in [6, 6.07) is 11.1. The van der Waals surface area contributed by atoms with Crippen molar-refractivity contribution in [1.82, 2.24) is 4.57 Å². The van der Waals surface area contributed by atoms with Crippen LogP contribution in [0.2, 0.25) is 0 Å². The van der Waals surface area contributed by atoms with Crippen LogP contribution >= 0.6 is 0 Å². The van der Waals surface area contributed by atoms with Gasteiger partial charge in [0.05, 0.1) is 0 Å². The van der Waals surface area contributed by atoms with Gasteiger partial charge in [0.1, 0.15) is 0 Å². The first-order chi connectivity index (χ1) is 5.92. The van der Waals surface area contributed by atoms with E-state index in [-0.39, 0.29) is 0 Å². The van der Waals surface area contributed by atoms with Gasteiger partial charge in [-0.05, 0) is 24.3 Å². The van der Waals surface area contributed by atoms with E-state index in [4.69, 9.17) is 0 Å². The maximum Gasteiger partial charge on any atom is 0.0483 e. The second kappa shape index (κ2) is 2.86. The second-order valence-corrected chi connectivity index (χ2v) is 2.74. The number of fused-ring (bicyclic) bond motifs is 1. The number of aromatic nitrogens is 1. The van der Waals surface area contributed by atoms with Crippen molar-refractivity contribution in [2.45, 2.75) is 6.54 Å². The molecule has 1 nitrogen and oxygen atoms in total. The molecule has 0 saturated carbocycles. The highest BCUT2D eigenvalue weighted by Crippen LogP contribution is 2.14. The van der Waals surface area contributed by atoms with Crippen LogP contribution in [0.1, 0.15) is 0 Å². The average molecular weight is 156 g/mol. The van der Waals surface area contributed by atoms with Gasteiger partial charge in [-0.2, -0.15) is 0 Å². The fraction of sp³-hybridized carbons (Fsp3) is 0.0909. The minimum atomic E-state index is 0.869. The molecular formula is C11H10N. The van der Waals surface area contributed by atoms with Crippen LogP contribution < -0.4 is 0 Å². The summed E-state index contributed by atoms with van der Waals surface area (Å²) in [4.78, 5) is 0. The normalized spacial score (nSPS) is 10.3. The highest BCUT2D eigenvalue weighted by atomic mass is 14.9. The number of rotatable bonds is 2. The van der Waals surface area contributed by atoms with Crippen LogP contribution in [-0.4, -0.2) is 4.57 Å². The maximum atomic E-state index is 3.71. The average Bonchev–Trinajstić information content (AvgIpc) is 2.50. The number of hydrogen-bond acceptors (Lipinski definition) is 0. The van der Waals surface area contributed by atoms with Crippen LogP contribution in [0, 0.1) is 6.07 Å². The van der Waals surface area contributed by atoms with Gasteiger partial charge >= 0.3 is 0 Å². The van der Waals surface area contributed by atoms with Crippen molar-refractivity contribution < 1.29 is 0 Å². The van der Waals surface area contributed by atoms with Crippen LogP contribution in [0.5, 0.6) is 0 Å². The highest BCUT2D eigenvalue weighted by molar-refractivity contribution is 5.79. The molecule has 2 aromatic rings. The fourth-order valence-corrected chi connectivity index (χ4v) is 1.38. The van der Waals surface area contributed by atoms with Crippen molar-refractivity contribution in [2.24, 2.45) is 0 Å². The van der Waals surface area contributed by atoms with Crippen LogP contribution in [0.25, 0.3) is 10.9 Å². The SMILES string of the molecule is C=CCn1ccc2c[c]ccc21. The summed E-state index contributed by atoms with van der Waals surface area (Å²) in [5.74, 6) is 0. The zero-order valence-electron chi connectivity index (χ0n) is 6.83. The smallest absolute Gasteiger partial charge is 0.0483 e. The molecule has 1 heteroatoms. The molecule has 2 rings (SSSR count). The molecule has 12 heavy (non-hydrogen) atoms. The monoisotopic (exact) mass is 156 g/mol. The van der Waals surface area contributed by atoms with E-state index >= 15 is 0 Å². The molecule has 0 aliphatic carbocycles. The number of benzene rings is 1. The molecule has 59 valence electrons. The van der Waals surface area contributed by atoms with Gasteiger partial charge < -0.3 is 4.57 Å². The third kappa shape index (κ3) is 1.03. The van der Waals surface area contributed by atoms with E-state index in [2.05, 4.69) is 35.5 Å². The van der Waals surface area contributed by atoms with Crippen molar-refractivity contribution in [3.63, 3.8) is 0 Å². The first-order valence-electron chi connectivity index (χ1n) is 3.97. The lowest BCUT2D eigenvalue weighted by Crippen LogP contribution is -1.90. The van der Waals surface area contributed by atoms with Gasteiger partial charge in [-0.15, -0.1) is 6.58 Å². The van der Waals surface area contributed by atoms with Crippen molar-refractivity contribution in [3.05, 3.63) is 49.2 Å². The molecule has 1 heterocycles. The van der Waals surface area contributed by atoms with Crippen LogP contribution in [0.3, 0.4) is 0 Å². The molecule has 0 fully saturated rings. The summed E-state index contributed by atoms with van der Waals surface area (Å²) in [6.45, 7) is 4.58. The summed E-state index contributed by atoms with van der Waals surface area (Å²) in [6.07, 6.45) is 3.97. The largest absolute Gasteiger partial charge is 0.344 e. The minimum absolute atomic E-state index is 0.869. The Bertz CT molecular complexity index is 398. The summed E-state index contributed by atoms with van der Waals surface area (Å²) >= 11 is 0. The van der Waals surface area contributed by atoms with E-state index in [1.54, 1.807) is 0 Å². The molecule has 0 saturated heterocycles. The Labute approximate surface area is 71.9 Å². The van der Waals surface area contributed by atoms with E-state index < -0.39 is 0 Å². The molecule has 1 radical (unpaired) electrons. The van der Waals surface area contributed by atoms with Gasteiger partial charge in [-0.25, -0.2) is 0 Å². The first kappa shape index (κ1) is 7.17. The quantitative estimate of drug-likeness (QED) is 0.589. The van der Waals surface area contributed by atoms with Gasteiger partial charge in [0.25, 0.3) is 0 Å². The Hall–Kier alpha value is -1.50. The first-order valence-corrected chi connectivity index (χ1v) is 3.97. The molecule has 0 N–H and O–H groups in total. The molecular weight excluding hydrogens is 146 g/mol. The molecule has 0 aliphatic heterocycles. The van der Waals surface area contributed by atoms with E-state index in [1.807, 2.05) is 18.2 Å². The Morgan fingerprint density at radius 1 is 1.50 bits per heavy atom. The van der Waals surface area contributed by atoms with Crippen LogP contribution in [0.4, 0.5) is 0 Å². The predicted octanol–water partition coefficient (Wildman–Crippen LogP) is 2.63. The Kier molecular flexibility index (Phi) is 1.71. The van der Waals surface area contributed by atoms with Crippen LogP contribution in [0.15, 0.2) is 43.1 Å². The fourth-order valence-electron chi connectivity index (χ4n) is 1.38. The summed E-state index contributed by atoms with van der Waals surface area (Å²) in [5.41, 5.74) is 1.24. The number of allylic oxidation sites excluding steroid dienone is 1. The van der Waals surface area contributed by atoms with Gasteiger partial charge in [0, 0.05) is 23.6 Å². The summed E-state index contributed by atoms with van der Waals surface area (Å²) in [5, 5.41) is 1.24. The Balaban J connectivity index is 2.62. The lowest BCUT2D eigenvalue weighted by molar-refractivity contribution is 0.865. The van der Waals surface area contributed by atoms with E-state index in [9.17, 15) is 0 Å². The third-order valence-electron chi connectivity index (χ3n) is 1.94. The van der Waals surface area contributed by atoms with Crippen molar-refractivity contribution in [3.8, 4) is 0 Å². The molecule has 0 aliphatic rings. The van der Waals surface area contributed by atoms with Crippen LogP contribution in [-0.2, 0) is 6.54 Å². The lowest BCUT2D eigenvalue weighted by Gasteiger charge is -1.98. The van der Waals surface area contributed by atoms with Crippen molar-refractivity contribution in [1.29, 1.82) is 0 Å². The standard InChI is InChI=1S/C11H10N/c1-2-8-12-9-7-10-5-3-4-6-11(10)12/h2,4-7,9H,1,8H2. The molecule has 1 aromatic carbocycles. The lowest BCUT2D eigenvalue weighted by atomic mass is 10.2. The zero-order valence-corrected chi connectivity index (χ0v) is 6.83. The Morgan fingerprint density at radius 3 is 3.25 bits per heavy atom. The van der Waals surface area contributed by atoms with E-state index in [0.29, 0.717) is 0 Å². The summed E-state index contributed by atoms with van der Waals surface area (Å²) in [7, 11) is 0. The van der Waals surface area contributed by atoms with Gasteiger partial charge in [-0.1, -0.05) is 12.1 Å². The topological polar surface area (TPSA) is 4.93 Å². The van der Waals surface area contributed by atoms with E-state index in [1.165, 1.54) is 10.9 Å². The molecule has 0 atom stereocenters. The third-order valence-corrected chi connectivity index (χ3v) is 1.94. The second-order valence-electron chi connectivity index (χ2n) is 2.74. The van der Waals surface area contributed by atoms with Gasteiger partial charge in [0.15, 0.2) is 0 Å².